The molecule has 3 heteroatoms. The fourth-order valence-electron chi connectivity index (χ4n) is 3.04. The maximum Gasteiger partial charge on any atom is 0.134 e. The van der Waals surface area contributed by atoms with Gasteiger partial charge < -0.3 is 9.13 Å². The molecule has 0 atom stereocenters. The first-order valence-corrected chi connectivity index (χ1v) is 8.10. The van der Waals surface area contributed by atoms with Crippen LogP contribution in [0.4, 0.5) is 5.69 Å². The van der Waals surface area contributed by atoms with Crippen LogP contribution in [0.1, 0.15) is 5.56 Å². The summed E-state index contributed by atoms with van der Waals surface area (Å²) in [5.41, 5.74) is 4.38. The number of hydrogen-bond donors (Lipinski definition) is 0. The molecule has 0 saturated carbocycles. The molecule has 0 aliphatic carbocycles. The van der Waals surface area contributed by atoms with Crippen molar-refractivity contribution in [1.29, 1.82) is 0 Å². The zero-order valence-electron chi connectivity index (χ0n) is 13.6. The highest BCUT2D eigenvalue weighted by molar-refractivity contribution is 5.76. The maximum absolute atomic E-state index is 4.77. The Balaban J connectivity index is 1.83. The van der Waals surface area contributed by atoms with Crippen LogP contribution in [0.15, 0.2) is 90.1 Å². The van der Waals surface area contributed by atoms with Crippen LogP contribution >= 0.6 is 0 Å². The van der Waals surface area contributed by atoms with Crippen LogP contribution < -0.4 is 5.49 Å². The minimum atomic E-state index is 0.854. The smallest absolute Gasteiger partial charge is 0.134 e. The molecule has 118 valence electrons. The van der Waals surface area contributed by atoms with Crippen molar-refractivity contribution in [3.8, 4) is 0 Å². The predicted molar refractivity (Wildman–Crippen MR) is 98.1 cm³/mol. The standard InChI is InChI=1S/C21H19N3/c1-23-20(22-19-10-6-3-7-11-19)13-12-18-14-15-24(21(18)23)16-17-8-4-2-5-9-17/h2-15H,16H2,1H3. The van der Waals surface area contributed by atoms with Gasteiger partial charge in [0.2, 0.25) is 0 Å². The third-order valence-corrected chi connectivity index (χ3v) is 4.23. The Morgan fingerprint density at radius 2 is 1.50 bits per heavy atom. The van der Waals surface area contributed by atoms with Gasteiger partial charge in [-0.1, -0.05) is 48.5 Å². The Bertz CT molecular complexity index is 1030. The zero-order valence-corrected chi connectivity index (χ0v) is 13.6. The number of pyridine rings is 1. The van der Waals surface area contributed by atoms with E-state index < -0.39 is 0 Å². The molecule has 0 fully saturated rings. The third kappa shape index (κ3) is 2.76. The highest BCUT2D eigenvalue weighted by atomic mass is 15.1. The van der Waals surface area contributed by atoms with Crippen molar-refractivity contribution < 1.29 is 0 Å². The second-order valence-corrected chi connectivity index (χ2v) is 5.91. The molecule has 3 nitrogen and oxygen atoms in total. The summed E-state index contributed by atoms with van der Waals surface area (Å²) in [6, 6.07) is 27.0. The molecule has 2 aromatic heterocycles. The molecule has 0 aliphatic heterocycles. The molecule has 4 aromatic rings. The van der Waals surface area contributed by atoms with E-state index in [2.05, 4.69) is 64.8 Å². The lowest BCUT2D eigenvalue weighted by atomic mass is 10.2. The first kappa shape index (κ1) is 14.5. The summed E-state index contributed by atoms with van der Waals surface area (Å²) >= 11 is 0. The van der Waals surface area contributed by atoms with Crippen molar-refractivity contribution in [2.75, 3.05) is 0 Å². The van der Waals surface area contributed by atoms with Gasteiger partial charge in [-0.05, 0) is 35.9 Å². The first-order chi connectivity index (χ1) is 11.8. The monoisotopic (exact) mass is 313 g/mol. The zero-order chi connectivity index (χ0) is 16.4. The lowest BCUT2D eigenvalue weighted by Gasteiger charge is -2.10. The molecule has 24 heavy (non-hydrogen) atoms. The normalized spacial score (nSPS) is 12.0. The summed E-state index contributed by atoms with van der Waals surface area (Å²) in [5.74, 6) is 0. The van der Waals surface area contributed by atoms with Crippen molar-refractivity contribution in [3.05, 3.63) is 96.1 Å². The summed E-state index contributed by atoms with van der Waals surface area (Å²) < 4.78 is 4.43. The third-order valence-electron chi connectivity index (χ3n) is 4.23. The number of rotatable bonds is 3. The lowest BCUT2D eigenvalue weighted by molar-refractivity contribution is 0.767. The van der Waals surface area contributed by atoms with Crippen molar-refractivity contribution in [2.45, 2.75) is 6.54 Å². The predicted octanol–water partition coefficient (Wildman–Crippen LogP) is 4.26. The van der Waals surface area contributed by atoms with E-state index in [-0.39, 0.29) is 0 Å². The lowest BCUT2D eigenvalue weighted by Crippen LogP contribution is -2.19. The SMILES string of the molecule is Cn1c(=Nc2ccccc2)ccc2ccn(Cc3ccccc3)c21. The average molecular weight is 313 g/mol. The molecular weight excluding hydrogens is 294 g/mol. The Labute approximate surface area is 141 Å². The Hall–Kier alpha value is -3.07. The summed E-state index contributed by atoms with van der Waals surface area (Å²) in [6.07, 6.45) is 2.14. The topological polar surface area (TPSA) is 22.2 Å². The molecule has 0 amide bonds. The van der Waals surface area contributed by atoms with Gasteiger partial charge in [-0.25, -0.2) is 4.99 Å². The maximum atomic E-state index is 4.77. The highest BCUT2D eigenvalue weighted by Crippen LogP contribution is 2.16. The van der Waals surface area contributed by atoms with Gasteiger partial charge in [0.25, 0.3) is 0 Å². The fraction of sp³-hybridized carbons (Fsp3) is 0.0952. The molecule has 4 rings (SSSR count). The van der Waals surface area contributed by atoms with Crippen molar-refractivity contribution in [1.82, 2.24) is 9.13 Å². The van der Waals surface area contributed by atoms with Crippen LogP contribution in [0.5, 0.6) is 0 Å². The molecule has 0 bridgehead atoms. The van der Waals surface area contributed by atoms with Gasteiger partial charge in [0.1, 0.15) is 11.1 Å². The minimum absolute atomic E-state index is 0.854. The Morgan fingerprint density at radius 3 is 2.25 bits per heavy atom. The number of benzene rings is 2. The summed E-state index contributed by atoms with van der Waals surface area (Å²) in [7, 11) is 2.08. The second-order valence-electron chi connectivity index (χ2n) is 5.91. The average Bonchev–Trinajstić information content (AvgIpc) is 3.03. The van der Waals surface area contributed by atoms with Crippen molar-refractivity contribution in [2.24, 2.45) is 12.0 Å². The van der Waals surface area contributed by atoms with E-state index in [1.807, 2.05) is 36.4 Å². The number of aryl methyl sites for hydroxylation is 1. The number of hydrogen-bond acceptors (Lipinski definition) is 1. The van der Waals surface area contributed by atoms with Crippen LogP contribution in [0, 0.1) is 0 Å². The largest absolute Gasteiger partial charge is 0.329 e. The van der Waals surface area contributed by atoms with Gasteiger partial charge in [-0.2, -0.15) is 0 Å². The van der Waals surface area contributed by atoms with E-state index in [1.54, 1.807) is 0 Å². The van der Waals surface area contributed by atoms with Crippen molar-refractivity contribution in [3.63, 3.8) is 0 Å². The fourth-order valence-corrected chi connectivity index (χ4v) is 3.04. The molecule has 2 heterocycles. The van der Waals surface area contributed by atoms with Gasteiger partial charge in [0.05, 0.1) is 5.69 Å². The molecule has 0 radical (unpaired) electrons. The van der Waals surface area contributed by atoms with Crippen LogP contribution in [0.2, 0.25) is 0 Å². The Morgan fingerprint density at radius 1 is 0.792 bits per heavy atom. The number of aromatic nitrogens is 2. The van der Waals surface area contributed by atoms with Crippen LogP contribution in [0.25, 0.3) is 11.0 Å². The van der Waals surface area contributed by atoms with Gasteiger partial charge in [0.15, 0.2) is 0 Å². The van der Waals surface area contributed by atoms with Crippen LogP contribution in [-0.2, 0) is 13.6 Å². The molecule has 0 aliphatic rings. The van der Waals surface area contributed by atoms with E-state index >= 15 is 0 Å². The summed E-state index contributed by atoms with van der Waals surface area (Å²) in [6.45, 7) is 0.854. The molecule has 0 unspecified atom stereocenters. The van der Waals surface area contributed by atoms with E-state index in [1.165, 1.54) is 16.6 Å². The molecule has 0 spiro atoms. The summed E-state index contributed by atoms with van der Waals surface area (Å²) in [4.78, 5) is 4.77. The molecule has 2 aromatic carbocycles. The first-order valence-electron chi connectivity index (χ1n) is 8.10. The van der Waals surface area contributed by atoms with Gasteiger partial charge in [-0.15, -0.1) is 0 Å². The van der Waals surface area contributed by atoms with Gasteiger partial charge in [0, 0.05) is 25.2 Å². The minimum Gasteiger partial charge on any atom is -0.329 e. The van der Waals surface area contributed by atoms with Crippen LogP contribution in [-0.4, -0.2) is 9.13 Å². The quantitative estimate of drug-likeness (QED) is 0.539. The van der Waals surface area contributed by atoms with E-state index in [4.69, 9.17) is 4.99 Å². The number of para-hydroxylation sites is 1. The number of nitrogens with zero attached hydrogens (tertiary/aromatic N) is 3. The molecule has 0 saturated heterocycles. The van der Waals surface area contributed by atoms with Gasteiger partial charge in [-0.3, -0.25) is 0 Å². The van der Waals surface area contributed by atoms with Gasteiger partial charge >= 0.3 is 0 Å². The van der Waals surface area contributed by atoms with E-state index in [0.29, 0.717) is 0 Å². The second kappa shape index (κ2) is 6.20. The number of fused-ring (bicyclic) bond motifs is 1. The van der Waals surface area contributed by atoms with Crippen molar-refractivity contribution >= 4 is 16.7 Å². The molecule has 0 N–H and O–H groups in total. The Kier molecular flexibility index (Phi) is 3.75. The van der Waals surface area contributed by atoms with Crippen LogP contribution in [0.3, 0.4) is 0 Å². The van der Waals surface area contributed by atoms with E-state index in [9.17, 15) is 0 Å². The summed E-state index contributed by atoms with van der Waals surface area (Å²) in [5, 5.41) is 1.22. The highest BCUT2D eigenvalue weighted by Gasteiger charge is 2.05. The van der Waals surface area contributed by atoms with E-state index in [0.717, 1.165) is 17.7 Å². The molecular formula is C21H19N3.